The Bertz CT molecular complexity index is 641. The molecule has 126 valence electrons. The Labute approximate surface area is 145 Å². The first-order valence-corrected chi connectivity index (χ1v) is 8.93. The van der Waals surface area contributed by atoms with Crippen LogP contribution >= 0.6 is 0 Å². The third kappa shape index (κ3) is 4.19. The molecule has 0 amide bonds. The van der Waals surface area contributed by atoms with Crippen LogP contribution in [0.15, 0.2) is 61.2 Å². The minimum absolute atomic E-state index is 0.600. The quantitative estimate of drug-likeness (QED) is 0.696. The Kier molecular flexibility index (Phi) is 5.58. The lowest BCUT2D eigenvalue weighted by molar-refractivity contribution is 0.267. The zero-order valence-corrected chi connectivity index (χ0v) is 14.6. The maximum absolute atomic E-state index is 5.86. The molecule has 0 aromatic heterocycles. The second-order valence-corrected chi connectivity index (χ2v) is 6.65. The molecule has 0 atom stereocenters. The van der Waals surface area contributed by atoms with Crippen molar-refractivity contribution in [3.63, 3.8) is 0 Å². The molecule has 24 heavy (non-hydrogen) atoms. The highest BCUT2D eigenvalue weighted by Crippen LogP contribution is 2.28. The summed E-state index contributed by atoms with van der Waals surface area (Å²) >= 11 is 0. The average molecular weight is 321 g/mol. The van der Waals surface area contributed by atoms with Crippen molar-refractivity contribution in [2.45, 2.75) is 44.8 Å². The number of hydrogen-bond donors (Lipinski definition) is 0. The van der Waals surface area contributed by atoms with Crippen LogP contribution in [0.4, 0.5) is 0 Å². The molecule has 2 nitrogen and oxygen atoms in total. The molecule has 0 unspecified atom stereocenters. The molecule has 0 bridgehead atoms. The van der Waals surface area contributed by atoms with E-state index in [1.807, 2.05) is 30.3 Å². The van der Waals surface area contributed by atoms with E-state index in [0.717, 1.165) is 11.4 Å². The molecule has 1 fully saturated rings. The van der Waals surface area contributed by atoms with Crippen molar-refractivity contribution in [3.8, 4) is 5.75 Å². The fourth-order valence-corrected chi connectivity index (χ4v) is 3.38. The van der Waals surface area contributed by atoms with Gasteiger partial charge in [-0.1, -0.05) is 56.2 Å². The predicted octanol–water partition coefficient (Wildman–Crippen LogP) is 5.50. The van der Waals surface area contributed by atoms with Crippen molar-refractivity contribution < 1.29 is 4.74 Å². The maximum atomic E-state index is 5.86. The summed E-state index contributed by atoms with van der Waals surface area (Å²) in [6.07, 6.45) is 6.63. The summed E-state index contributed by atoms with van der Waals surface area (Å²) in [6.45, 7) is 4.91. The lowest BCUT2D eigenvalue weighted by Crippen LogP contribution is -2.31. The Balaban J connectivity index is 1.58. The summed E-state index contributed by atoms with van der Waals surface area (Å²) in [4.78, 5) is 2.36. The molecular formula is C22H27NO. The van der Waals surface area contributed by atoms with Crippen LogP contribution in [-0.2, 0) is 6.61 Å². The van der Waals surface area contributed by atoms with Gasteiger partial charge in [-0.05, 0) is 48.2 Å². The molecule has 2 aromatic carbocycles. The van der Waals surface area contributed by atoms with Gasteiger partial charge in [-0.2, -0.15) is 0 Å². The second kappa shape index (κ2) is 8.05. The van der Waals surface area contributed by atoms with Crippen molar-refractivity contribution >= 4 is 5.70 Å². The molecule has 0 spiro atoms. The van der Waals surface area contributed by atoms with Gasteiger partial charge in [0, 0.05) is 18.8 Å². The second-order valence-electron chi connectivity index (χ2n) is 6.65. The molecule has 0 aliphatic heterocycles. The smallest absolute Gasteiger partial charge is 0.119 e. The molecule has 2 heteroatoms. The zero-order chi connectivity index (χ0) is 16.8. The van der Waals surface area contributed by atoms with Crippen LogP contribution in [0.2, 0.25) is 0 Å². The summed E-state index contributed by atoms with van der Waals surface area (Å²) in [5.74, 6) is 0.899. The van der Waals surface area contributed by atoms with E-state index in [-0.39, 0.29) is 0 Å². The predicted molar refractivity (Wildman–Crippen MR) is 101 cm³/mol. The van der Waals surface area contributed by atoms with Crippen LogP contribution in [0.3, 0.4) is 0 Å². The van der Waals surface area contributed by atoms with Gasteiger partial charge in [0.15, 0.2) is 0 Å². The van der Waals surface area contributed by atoms with Crippen LogP contribution in [0, 0.1) is 0 Å². The van der Waals surface area contributed by atoms with E-state index in [0.29, 0.717) is 12.6 Å². The Hall–Kier alpha value is -2.22. The zero-order valence-electron chi connectivity index (χ0n) is 14.6. The number of rotatable bonds is 6. The van der Waals surface area contributed by atoms with Crippen molar-refractivity contribution in [1.82, 2.24) is 4.90 Å². The van der Waals surface area contributed by atoms with Crippen molar-refractivity contribution in [2.75, 3.05) is 7.05 Å². The van der Waals surface area contributed by atoms with Gasteiger partial charge >= 0.3 is 0 Å². The topological polar surface area (TPSA) is 12.5 Å². The molecule has 0 heterocycles. The van der Waals surface area contributed by atoms with Crippen LogP contribution in [0.5, 0.6) is 5.75 Å². The van der Waals surface area contributed by atoms with Gasteiger partial charge in [-0.15, -0.1) is 0 Å². The number of benzene rings is 2. The van der Waals surface area contributed by atoms with E-state index in [2.05, 4.69) is 42.8 Å². The van der Waals surface area contributed by atoms with Gasteiger partial charge in [0.05, 0.1) is 0 Å². The lowest BCUT2D eigenvalue weighted by atomic mass is 9.94. The Morgan fingerprint density at radius 3 is 2.33 bits per heavy atom. The minimum Gasteiger partial charge on any atom is -0.489 e. The van der Waals surface area contributed by atoms with Gasteiger partial charge in [0.1, 0.15) is 12.4 Å². The summed E-state index contributed by atoms with van der Waals surface area (Å²) in [7, 11) is 2.18. The Morgan fingerprint density at radius 1 is 1.00 bits per heavy atom. The highest BCUT2D eigenvalue weighted by atomic mass is 16.5. The molecule has 2 aromatic rings. The summed E-state index contributed by atoms with van der Waals surface area (Å²) in [5, 5.41) is 0. The van der Waals surface area contributed by atoms with Gasteiger partial charge in [-0.25, -0.2) is 0 Å². The molecule has 0 N–H and O–H groups in total. The largest absolute Gasteiger partial charge is 0.489 e. The van der Waals surface area contributed by atoms with Crippen molar-refractivity contribution in [2.24, 2.45) is 0 Å². The van der Waals surface area contributed by atoms with Gasteiger partial charge < -0.3 is 9.64 Å². The summed E-state index contributed by atoms with van der Waals surface area (Å²) in [6, 6.07) is 19.2. The van der Waals surface area contributed by atoms with Gasteiger partial charge in [0.2, 0.25) is 0 Å². The van der Waals surface area contributed by atoms with Crippen LogP contribution in [-0.4, -0.2) is 18.0 Å². The molecular weight excluding hydrogens is 294 g/mol. The van der Waals surface area contributed by atoms with E-state index in [4.69, 9.17) is 4.74 Å². The fraction of sp³-hybridized carbons (Fsp3) is 0.364. The Morgan fingerprint density at radius 2 is 1.67 bits per heavy atom. The molecule has 3 rings (SSSR count). The van der Waals surface area contributed by atoms with Crippen LogP contribution < -0.4 is 4.74 Å². The number of hydrogen-bond acceptors (Lipinski definition) is 2. The molecule has 0 radical (unpaired) electrons. The fourth-order valence-electron chi connectivity index (χ4n) is 3.38. The number of nitrogens with zero attached hydrogens (tertiary/aromatic N) is 1. The summed E-state index contributed by atoms with van der Waals surface area (Å²) in [5.41, 5.74) is 3.47. The number of ether oxygens (including phenoxy) is 1. The normalized spacial score (nSPS) is 15.0. The van der Waals surface area contributed by atoms with Crippen LogP contribution in [0.1, 0.15) is 43.2 Å². The first kappa shape index (κ1) is 16.6. The minimum atomic E-state index is 0.600. The van der Waals surface area contributed by atoms with Gasteiger partial charge in [-0.3, -0.25) is 0 Å². The molecule has 1 aliphatic carbocycles. The molecule has 0 saturated heterocycles. The first-order valence-electron chi connectivity index (χ1n) is 8.93. The molecule has 1 aliphatic rings. The third-order valence-corrected chi connectivity index (χ3v) is 4.98. The SMILES string of the molecule is C=C(c1ccc(OCc2ccccc2)cc1)N(C)C1CCCCC1. The average Bonchev–Trinajstić information content (AvgIpc) is 2.67. The van der Waals surface area contributed by atoms with E-state index in [9.17, 15) is 0 Å². The van der Waals surface area contributed by atoms with E-state index in [1.54, 1.807) is 0 Å². The van der Waals surface area contributed by atoms with E-state index < -0.39 is 0 Å². The summed E-state index contributed by atoms with van der Waals surface area (Å²) < 4.78 is 5.86. The lowest BCUT2D eigenvalue weighted by Gasteiger charge is -2.34. The van der Waals surface area contributed by atoms with Gasteiger partial charge in [0.25, 0.3) is 0 Å². The monoisotopic (exact) mass is 321 g/mol. The highest BCUT2D eigenvalue weighted by Gasteiger charge is 2.19. The van der Waals surface area contributed by atoms with Crippen LogP contribution in [0.25, 0.3) is 5.70 Å². The molecule has 1 saturated carbocycles. The highest BCUT2D eigenvalue weighted by molar-refractivity contribution is 5.62. The standard InChI is InChI=1S/C22H27NO/c1-18(23(2)21-11-7-4-8-12-21)20-13-15-22(16-14-20)24-17-19-9-5-3-6-10-19/h3,5-6,9-10,13-16,21H,1,4,7-8,11-12,17H2,2H3. The van der Waals surface area contributed by atoms with Crippen molar-refractivity contribution in [1.29, 1.82) is 0 Å². The maximum Gasteiger partial charge on any atom is 0.119 e. The van der Waals surface area contributed by atoms with E-state index in [1.165, 1.54) is 43.2 Å². The third-order valence-electron chi connectivity index (χ3n) is 4.98. The first-order chi connectivity index (χ1) is 11.7. The van der Waals surface area contributed by atoms with Crippen molar-refractivity contribution in [3.05, 3.63) is 72.3 Å². The van der Waals surface area contributed by atoms with E-state index >= 15 is 0 Å².